The van der Waals surface area contributed by atoms with E-state index in [1.165, 1.54) is 4.68 Å². The number of hydrogen-bond acceptors (Lipinski definition) is 6. The molecule has 0 aliphatic rings. The third-order valence-corrected chi connectivity index (χ3v) is 3.84. The normalized spacial score (nSPS) is 10.6. The van der Waals surface area contributed by atoms with Crippen LogP contribution in [0.25, 0.3) is 5.82 Å². The van der Waals surface area contributed by atoms with E-state index in [1.807, 2.05) is 36.0 Å². The minimum absolute atomic E-state index is 0.247. The van der Waals surface area contributed by atoms with Crippen LogP contribution in [0.15, 0.2) is 61.1 Å². The summed E-state index contributed by atoms with van der Waals surface area (Å²) in [4.78, 5) is 20.8. The van der Waals surface area contributed by atoms with Gasteiger partial charge in [-0.25, -0.2) is 4.98 Å². The quantitative estimate of drug-likeness (QED) is 0.576. The molecule has 4 aromatic rings. The summed E-state index contributed by atoms with van der Waals surface area (Å²) in [6, 6.07) is 12.6. The lowest BCUT2D eigenvalue weighted by molar-refractivity contribution is 0.102. The molecule has 0 unspecified atom stereocenters. The molecule has 140 valence electrons. The van der Waals surface area contributed by atoms with E-state index < -0.39 is 0 Å². The van der Waals surface area contributed by atoms with Crippen molar-refractivity contribution in [2.45, 2.75) is 6.92 Å². The highest BCUT2D eigenvalue weighted by Crippen LogP contribution is 2.23. The Labute approximate surface area is 160 Å². The molecule has 0 saturated carbocycles. The van der Waals surface area contributed by atoms with E-state index in [4.69, 9.17) is 4.74 Å². The average Bonchev–Trinajstić information content (AvgIpc) is 3.35. The van der Waals surface area contributed by atoms with Crippen LogP contribution in [0.5, 0.6) is 11.6 Å². The van der Waals surface area contributed by atoms with Gasteiger partial charge in [-0.05, 0) is 43.3 Å². The van der Waals surface area contributed by atoms with Crippen LogP contribution < -0.4 is 10.1 Å². The summed E-state index contributed by atoms with van der Waals surface area (Å²) >= 11 is 0. The van der Waals surface area contributed by atoms with Crippen molar-refractivity contribution in [3.05, 3.63) is 72.6 Å². The largest absolute Gasteiger partial charge is 0.439 e. The zero-order valence-corrected chi connectivity index (χ0v) is 15.3. The van der Waals surface area contributed by atoms with Crippen LogP contribution in [0.4, 0.5) is 5.69 Å². The number of anilines is 1. The minimum Gasteiger partial charge on any atom is -0.439 e. The van der Waals surface area contributed by atoms with E-state index in [-0.39, 0.29) is 11.6 Å². The van der Waals surface area contributed by atoms with Crippen LogP contribution >= 0.6 is 0 Å². The van der Waals surface area contributed by atoms with Crippen molar-refractivity contribution >= 4 is 11.6 Å². The van der Waals surface area contributed by atoms with E-state index in [0.717, 1.165) is 5.82 Å². The maximum Gasteiger partial charge on any atom is 0.277 e. The first-order valence-corrected chi connectivity index (χ1v) is 8.51. The molecule has 0 atom stereocenters. The molecule has 0 bridgehead atoms. The zero-order chi connectivity index (χ0) is 19.5. The highest BCUT2D eigenvalue weighted by Gasteiger charge is 2.10. The predicted octanol–water partition coefficient (Wildman–Crippen LogP) is 2.75. The van der Waals surface area contributed by atoms with Gasteiger partial charge in [0.15, 0.2) is 5.69 Å². The van der Waals surface area contributed by atoms with E-state index in [0.29, 0.717) is 23.1 Å². The second-order valence-electron chi connectivity index (χ2n) is 6.06. The Morgan fingerprint density at radius 3 is 2.54 bits per heavy atom. The Hall–Kier alpha value is -4.01. The molecule has 9 heteroatoms. The first-order valence-electron chi connectivity index (χ1n) is 8.51. The Bertz CT molecular complexity index is 1100. The first-order chi connectivity index (χ1) is 13.6. The monoisotopic (exact) mass is 375 g/mol. The van der Waals surface area contributed by atoms with Crippen molar-refractivity contribution in [1.29, 1.82) is 0 Å². The number of benzene rings is 1. The Kier molecular flexibility index (Phi) is 4.55. The summed E-state index contributed by atoms with van der Waals surface area (Å²) in [5.41, 5.74) is 0.867. The summed E-state index contributed by atoms with van der Waals surface area (Å²) < 4.78 is 9.19. The smallest absolute Gasteiger partial charge is 0.277 e. The number of rotatable bonds is 5. The number of aromatic nitrogens is 6. The summed E-state index contributed by atoms with van der Waals surface area (Å²) in [7, 11) is 1.70. The van der Waals surface area contributed by atoms with Gasteiger partial charge in [-0.3, -0.25) is 9.48 Å². The van der Waals surface area contributed by atoms with Crippen molar-refractivity contribution in [2.75, 3.05) is 5.32 Å². The van der Waals surface area contributed by atoms with Gasteiger partial charge in [0.05, 0.1) is 6.20 Å². The molecule has 1 N–H and O–H groups in total. The van der Waals surface area contributed by atoms with Gasteiger partial charge in [0.25, 0.3) is 5.91 Å². The van der Waals surface area contributed by atoms with Gasteiger partial charge >= 0.3 is 0 Å². The molecule has 0 fully saturated rings. The molecule has 28 heavy (non-hydrogen) atoms. The summed E-state index contributed by atoms with van der Waals surface area (Å²) in [5, 5.41) is 10.3. The van der Waals surface area contributed by atoms with Gasteiger partial charge in [0, 0.05) is 31.2 Å². The molecule has 4 rings (SSSR count). The molecule has 0 spiro atoms. The maximum atomic E-state index is 12.1. The number of carbonyl (C=O) groups excluding carboxylic acids is 1. The number of nitrogens with one attached hydrogen (secondary N) is 1. The van der Waals surface area contributed by atoms with E-state index in [2.05, 4.69) is 25.6 Å². The lowest BCUT2D eigenvalue weighted by atomic mass is 10.3. The number of nitrogens with zero attached hydrogens (tertiary/aromatic N) is 6. The minimum atomic E-state index is -0.329. The highest BCUT2D eigenvalue weighted by atomic mass is 16.5. The summed E-state index contributed by atoms with van der Waals surface area (Å²) in [5.74, 6) is 2.03. The first kappa shape index (κ1) is 17.4. The fraction of sp³-hybridized carbons (Fsp3) is 0.105. The number of aryl methyl sites for hydroxylation is 2. The van der Waals surface area contributed by atoms with Crippen molar-refractivity contribution < 1.29 is 9.53 Å². The second kappa shape index (κ2) is 7.31. The lowest BCUT2D eigenvalue weighted by Crippen LogP contribution is -2.12. The Morgan fingerprint density at radius 2 is 1.86 bits per heavy atom. The molecule has 0 aliphatic heterocycles. The van der Waals surface area contributed by atoms with Crippen LogP contribution in [0.1, 0.15) is 16.3 Å². The van der Waals surface area contributed by atoms with Crippen LogP contribution in [0.2, 0.25) is 0 Å². The van der Waals surface area contributed by atoms with Crippen molar-refractivity contribution in [2.24, 2.45) is 7.05 Å². The van der Waals surface area contributed by atoms with Crippen molar-refractivity contribution in [3.8, 4) is 17.4 Å². The third kappa shape index (κ3) is 3.88. The van der Waals surface area contributed by atoms with Gasteiger partial charge < -0.3 is 14.6 Å². The van der Waals surface area contributed by atoms with Gasteiger partial charge in [-0.2, -0.15) is 4.98 Å². The Balaban J connectivity index is 1.47. The number of ether oxygens (including phenoxy) is 1. The number of amides is 1. The van der Waals surface area contributed by atoms with Gasteiger partial charge in [-0.15, -0.1) is 5.10 Å². The summed E-state index contributed by atoms with van der Waals surface area (Å²) in [6.45, 7) is 1.81. The third-order valence-electron chi connectivity index (χ3n) is 3.84. The second-order valence-corrected chi connectivity index (χ2v) is 6.06. The lowest BCUT2D eigenvalue weighted by Gasteiger charge is -2.09. The maximum absolute atomic E-state index is 12.1. The molecule has 3 heterocycles. The molecular formula is C19H17N7O2. The number of hydrogen-bond donors (Lipinski definition) is 1. The zero-order valence-electron chi connectivity index (χ0n) is 15.3. The molecule has 1 amide bonds. The van der Waals surface area contributed by atoms with Crippen LogP contribution in [0.3, 0.4) is 0 Å². The predicted molar refractivity (Wildman–Crippen MR) is 102 cm³/mol. The molecule has 1 aromatic carbocycles. The molecule has 0 saturated heterocycles. The van der Waals surface area contributed by atoms with Crippen molar-refractivity contribution in [1.82, 2.24) is 29.5 Å². The topological polar surface area (TPSA) is 99.7 Å². The van der Waals surface area contributed by atoms with Crippen LogP contribution in [-0.4, -0.2) is 35.4 Å². The van der Waals surface area contributed by atoms with Gasteiger partial charge in [0.2, 0.25) is 5.88 Å². The van der Waals surface area contributed by atoms with E-state index >= 15 is 0 Å². The molecule has 0 aliphatic carbocycles. The molecule has 9 nitrogen and oxygen atoms in total. The molecular weight excluding hydrogens is 358 g/mol. The van der Waals surface area contributed by atoms with Crippen LogP contribution in [-0.2, 0) is 7.05 Å². The standard InChI is InChI=1S/C19H17N7O2/c1-13-20-17(26-9-3-4-10-26)11-18(21-13)28-15-7-5-14(6-8-15)22-19(27)16-12-25(2)24-23-16/h3-12H,1-2H3,(H,22,27). The number of carbonyl (C=O) groups is 1. The van der Waals surface area contributed by atoms with Gasteiger partial charge in [0.1, 0.15) is 17.4 Å². The van der Waals surface area contributed by atoms with E-state index in [9.17, 15) is 4.79 Å². The van der Waals surface area contributed by atoms with E-state index in [1.54, 1.807) is 43.6 Å². The van der Waals surface area contributed by atoms with Gasteiger partial charge in [-0.1, -0.05) is 5.21 Å². The SMILES string of the molecule is Cc1nc(Oc2ccc(NC(=O)c3cn(C)nn3)cc2)cc(-n2cccc2)n1. The summed E-state index contributed by atoms with van der Waals surface area (Å²) in [6.07, 6.45) is 5.35. The fourth-order valence-electron chi connectivity index (χ4n) is 2.57. The van der Waals surface area contributed by atoms with Crippen LogP contribution in [0, 0.1) is 6.92 Å². The molecule has 0 radical (unpaired) electrons. The fourth-order valence-corrected chi connectivity index (χ4v) is 2.57. The highest BCUT2D eigenvalue weighted by molar-refractivity contribution is 6.02. The van der Waals surface area contributed by atoms with Crippen molar-refractivity contribution in [3.63, 3.8) is 0 Å². The Morgan fingerprint density at radius 1 is 1.11 bits per heavy atom. The average molecular weight is 375 g/mol. The molecule has 3 aromatic heterocycles.